The standard InChI is InChI=1S/C27H26FN5O3/c1-18-6-3-4-7-22(18)31(2)26-29-13-12-21(30-26)24-23(19-8-10-20(28)11-9-19)25(34)33-17-27(16-32(24)33)35-14-5-15-36-27/h3-4,6-13H,5,14-17H2,1-2H3. The molecule has 1 spiro atoms. The quantitative estimate of drug-likeness (QED) is 0.431. The van der Waals surface area contributed by atoms with Crippen molar-refractivity contribution in [1.29, 1.82) is 0 Å². The van der Waals surface area contributed by atoms with Gasteiger partial charge in [0.1, 0.15) is 5.82 Å². The molecule has 0 N–H and O–H groups in total. The van der Waals surface area contributed by atoms with Crippen LogP contribution in [0.1, 0.15) is 12.0 Å². The average Bonchev–Trinajstić information content (AvgIpc) is 3.37. The molecule has 36 heavy (non-hydrogen) atoms. The molecule has 2 aromatic heterocycles. The maximum atomic E-state index is 13.7. The molecule has 184 valence electrons. The van der Waals surface area contributed by atoms with Gasteiger partial charge in [0.25, 0.3) is 5.56 Å². The summed E-state index contributed by atoms with van der Waals surface area (Å²) in [7, 11) is 1.91. The van der Waals surface area contributed by atoms with Crippen LogP contribution in [-0.4, -0.2) is 45.4 Å². The lowest BCUT2D eigenvalue weighted by Crippen LogP contribution is -2.43. The number of hydrogen-bond donors (Lipinski definition) is 0. The van der Waals surface area contributed by atoms with Crippen molar-refractivity contribution in [2.75, 3.05) is 25.2 Å². The third kappa shape index (κ3) is 3.71. The van der Waals surface area contributed by atoms with E-state index in [1.165, 1.54) is 12.1 Å². The number of ether oxygens (including phenoxy) is 2. The molecule has 0 radical (unpaired) electrons. The van der Waals surface area contributed by atoms with Gasteiger partial charge in [-0.1, -0.05) is 30.3 Å². The van der Waals surface area contributed by atoms with Crippen LogP contribution in [-0.2, 0) is 22.6 Å². The number of hydrogen-bond acceptors (Lipinski definition) is 6. The summed E-state index contributed by atoms with van der Waals surface area (Å²) >= 11 is 0. The molecule has 0 amide bonds. The minimum Gasteiger partial charge on any atom is -0.347 e. The van der Waals surface area contributed by atoms with E-state index in [0.29, 0.717) is 48.2 Å². The number of para-hydroxylation sites is 1. The van der Waals surface area contributed by atoms with Gasteiger partial charge >= 0.3 is 0 Å². The van der Waals surface area contributed by atoms with E-state index in [4.69, 9.17) is 14.5 Å². The molecule has 0 atom stereocenters. The smallest absolute Gasteiger partial charge is 0.275 e. The van der Waals surface area contributed by atoms with Crippen LogP contribution in [0.2, 0.25) is 0 Å². The normalized spacial score (nSPS) is 16.3. The second-order valence-electron chi connectivity index (χ2n) is 9.20. The number of aryl methyl sites for hydroxylation is 1. The Labute approximate surface area is 207 Å². The van der Waals surface area contributed by atoms with Gasteiger partial charge in [-0.2, -0.15) is 0 Å². The highest BCUT2D eigenvalue weighted by atomic mass is 19.1. The highest BCUT2D eigenvalue weighted by Gasteiger charge is 2.44. The van der Waals surface area contributed by atoms with Crippen molar-refractivity contribution in [2.45, 2.75) is 32.2 Å². The van der Waals surface area contributed by atoms with Crippen LogP contribution in [0, 0.1) is 12.7 Å². The van der Waals surface area contributed by atoms with E-state index in [9.17, 15) is 9.18 Å². The molecule has 1 fully saturated rings. The van der Waals surface area contributed by atoms with Crippen molar-refractivity contribution in [1.82, 2.24) is 19.3 Å². The first kappa shape index (κ1) is 22.6. The summed E-state index contributed by atoms with van der Waals surface area (Å²) in [5, 5.41) is 0. The maximum absolute atomic E-state index is 13.7. The highest BCUT2D eigenvalue weighted by Crippen LogP contribution is 2.37. The fraction of sp³-hybridized carbons (Fsp3) is 0.296. The Morgan fingerprint density at radius 2 is 1.72 bits per heavy atom. The average molecular weight is 488 g/mol. The van der Waals surface area contributed by atoms with Gasteiger partial charge in [0, 0.05) is 18.9 Å². The van der Waals surface area contributed by atoms with E-state index in [2.05, 4.69) is 4.98 Å². The lowest BCUT2D eigenvalue weighted by molar-refractivity contribution is -0.267. The number of benzene rings is 2. The first-order valence-electron chi connectivity index (χ1n) is 12.0. The van der Waals surface area contributed by atoms with Crippen molar-refractivity contribution in [3.63, 3.8) is 0 Å². The van der Waals surface area contributed by atoms with E-state index in [-0.39, 0.29) is 17.9 Å². The molecular weight excluding hydrogens is 461 g/mol. The Bertz CT molecular complexity index is 1490. The third-order valence-electron chi connectivity index (χ3n) is 6.83. The van der Waals surface area contributed by atoms with Gasteiger partial charge in [-0.25, -0.2) is 19.0 Å². The summed E-state index contributed by atoms with van der Waals surface area (Å²) in [4.78, 5) is 25.0. The summed E-state index contributed by atoms with van der Waals surface area (Å²) in [6, 6.07) is 15.8. The van der Waals surface area contributed by atoms with Gasteiger partial charge in [-0.3, -0.25) is 9.48 Å². The van der Waals surface area contributed by atoms with Crippen LogP contribution in [0.5, 0.6) is 0 Å². The summed E-state index contributed by atoms with van der Waals surface area (Å²) in [6.45, 7) is 3.83. The highest BCUT2D eigenvalue weighted by molar-refractivity contribution is 5.80. The number of anilines is 2. The van der Waals surface area contributed by atoms with Gasteiger partial charge in [0.2, 0.25) is 11.7 Å². The zero-order chi connectivity index (χ0) is 24.9. The van der Waals surface area contributed by atoms with E-state index in [1.54, 1.807) is 29.1 Å². The molecule has 9 heteroatoms. The molecule has 0 unspecified atom stereocenters. The van der Waals surface area contributed by atoms with E-state index >= 15 is 0 Å². The number of halogens is 1. The van der Waals surface area contributed by atoms with Crippen molar-refractivity contribution in [3.8, 4) is 22.5 Å². The Balaban J connectivity index is 1.51. The lowest BCUT2D eigenvalue weighted by Gasteiger charge is -2.32. The molecule has 0 bridgehead atoms. The van der Waals surface area contributed by atoms with Crippen LogP contribution in [0.4, 0.5) is 16.0 Å². The summed E-state index contributed by atoms with van der Waals surface area (Å²) in [5.41, 5.74) is 4.18. The number of fused-ring (bicyclic) bond motifs is 1. The molecule has 2 aliphatic rings. The van der Waals surface area contributed by atoms with Gasteiger partial charge < -0.3 is 14.4 Å². The zero-order valence-electron chi connectivity index (χ0n) is 20.1. The maximum Gasteiger partial charge on any atom is 0.275 e. The fourth-order valence-corrected chi connectivity index (χ4v) is 5.04. The van der Waals surface area contributed by atoms with E-state index in [0.717, 1.165) is 17.7 Å². The van der Waals surface area contributed by atoms with Crippen LogP contribution < -0.4 is 10.5 Å². The van der Waals surface area contributed by atoms with Crippen LogP contribution in [0.3, 0.4) is 0 Å². The predicted molar refractivity (Wildman–Crippen MR) is 134 cm³/mol. The van der Waals surface area contributed by atoms with E-state index < -0.39 is 5.79 Å². The number of rotatable bonds is 4. The zero-order valence-corrected chi connectivity index (χ0v) is 20.1. The summed E-state index contributed by atoms with van der Waals surface area (Å²) in [5.74, 6) is -0.738. The van der Waals surface area contributed by atoms with Crippen molar-refractivity contribution >= 4 is 11.6 Å². The van der Waals surface area contributed by atoms with Crippen LogP contribution in [0.15, 0.2) is 65.6 Å². The van der Waals surface area contributed by atoms with Crippen LogP contribution in [0.25, 0.3) is 22.5 Å². The van der Waals surface area contributed by atoms with Gasteiger partial charge in [-0.05, 0) is 48.7 Å². The monoisotopic (exact) mass is 487 g/mol. The second-order valence-corrected chi connectivity index (χ2v) is 9.20. The van der Waals surface area contributed by atoms with Crippen molar-refractivity contribution in [3.05, 3.63) is 82.5 Å². The van der Waals surface area contributed by atoms with Crippen LogP contribution >= 0.6 is 0 Å². The van der Waals surface area contributed by atoms with Gasteiger partial charge in [-0.15, -0.1) is 0 Å². The SMILES string of the molecule is Cc1ccccc1N(C)c1nccc(-c2c(-c3ccc(F)cc3)c(=O)n3n2CC2(C3)OCCCO2)n1. The topological polar surface area (TPSA) is 74.4 Å². The molecule has 2 aromatic carbocycles. The Kier molecular flexibility index (Phi) is 5.46. The molecular formula is C27H26FN5O3. The Hall–Kier alpha value is -3.82. The largest absolute Gasteiger partial charge is 0.347 e. The molecule has 1 saturated heterocycles. The fourth-order valence-electron chi connectivity index (χ4n) is 5.04. The number of nitrogens with zero attached hydrogens (tertiary/aromatic N) is 5. The first-order chi connectivity index (χ1) is 17.5. The third-order valence-corrected chi connectivity index (χ3v) is 6.83. The molecule has 4 aromatic rings. The minimum absolute atomic E-state index is 0.196. The Morgan fingerprint density at radius 3 is 2.47 bits per heavy atom. The number of aromatic nitrogens is 4. The molecule has 0 aliphatic carbocycles. The molecule has 6 rings (SSSR count). The van der Waals surface area contributed by atoms with Crippen molar-refractivity contribution < 1.29 is 13.9 Å². The van der Waals surface area contributed by atoms with Gasteiger partial charge in [0.15, 0.2) is 0 Å². The van der Waals surface area contributed by atoms with Gasteiger partial charge in [0.05, 0.1) is 43.3 Å². The molecule has 8 nitrogen and oxygen atoms in total. The molecule has 2 aliphatic heterocycles. The van der Waals surface area contributed by atoms with Crippen molar-refractivity contribution in [2.24, 2.45) is 0 Å². The molecule has 0 saturated carbocycles. The Morgan fingerprint density at radius 1 is 1.00 bits per heavy atom. The second kappa shape index (κ2) is 8.69. The lowest BCUT2D eigenvalue weighted by atomic mass is 10.0. The van der Waals surface area contributed by atoms with E-state index in [1.807, 2.05) is 47.8 Å². The predicted octanol–water partition coefficient (Wildman–Crippen LogP) is 4.14. The first-order valence-corrected chi connectivity index (χ1v) is 12.0. The summed E-state index contributed by atoms with van der Waals surface area (Å²) in [6.07, 6.45) is 2.51. The molecule has 4 heterocycles. The summed E-state index contributed by atoms with van der Waals surface area (Å²) < 4.78 is 29.3. The minimum atomic E-state index is -0.874.